The summed E-state index contributed by atoms with van der Waals surface area (Å²) in [6.07, 6.45) is 0. The third-order valence-electron chi connectivity index (χ3n) is 3.87. The molecule has 34 heavy (non-hydrogen) atoms. The Morgan fingerprint density at radius 3 is 1.59 bits per heavy atom. The van der Waals surface area contributed by atoms with Gasteiger partial charge in [0.15, 0.2) is 0 Å². The number of rotatable bonds is 11. The second kappa shape index (κ2) is 11.8. The number of benzene rings is 2. The number of nitrogens with two attached hydrogens (primary N) is 3. The van der Waals surface area contributed by atoms with Crippen LogP contribution < -0.4 is 26.9 Å². The van der Waals surface area contributed by atoms with Crippen molar-refractivity contribution in [3.63, 3.8) is 0 Å². The van der Waals surface area contributed by atoms with Crippen LogP contribution in [0, 0.1) is 0 Å². The monoisotopic (exact) mass is 488 g/mol. The molecule has 0 aromatic heterocycles. The molecule has 8 N–H and O–H groups in total. The van der Waals surface area contributed by atoms with Crippen molar-refractivity contribution >= 4 is 33.5 Å². The summed E-state index contributed by atoms with van der Waals surface area (Å²) in [5, 5.41) is 18.6. The van der Waals surface area contributed by atoms with Crippen molar-refractivity contribution in [3.8, 4) is 11.5 Å². The zero-order chi connectivity index (χ0) is 25.3. The average molecular weight is 488 g/mol. The average Bonchev–Trinajstić information content (AvgIpc) is 2.80. The molecule has 0 heterocycles. The Labute approximate surface area is 194 Å². The van der Waals surface area contributed by atoms with Gasteiger partial charge in [0, 0.05) is 0 Å². The highest BCUT2D eigenvalue weighted by molar-refractivity contribution is 6.49. The van der Waals surface area contributed by atoms with E-state index in [1.54, 1.807) is 36.4 Å². The van der Waals surface area contributed by atoms with Crippen molar-refractivity contribution in [2.45, 2.75) is 0 Å². The highest BCUT2D eigenvalue weighted by Gasteiger charge is 2.30. The van der Waals surface area contributed by atoms with E-state index >= 15 is 0 Å². The van der Waals surface area contributed by atoms with Crippen LogP contribution >= 0.6 is 0 Å². The van der Waals surface area contributed by atoms with Crippen LogP contribution in [0.1, 0.15) is 0 Å². The summed E-state index contributed by atoms with van der Waals surface area (Å²) in [6, 6.07) is 15.2. The largest absolute Gasteiger partial charge is 0.537 e. The van der Waals surface area contributed by atoms with Crippen molar-refractivity contribution in [2.75, 3.05) is 0 Å². The lowest BCUT2D eigenvalue weighted by atomic mass is 10.3. The molecule has 0 spiro atoms. The summed E-state index contributed by atoms with van der Waals surface area (Å²) < 4.78 is 15.8. The molecule has 13 nitrogen and oxygen atoms in total. The molecule has 0 aliphatic heterocycles. The molecule has 0 saturated heterocycles. The Bertz CT molecular complexity index is 1140. The quantitative estimate of drug-likeness (QED) is 0.0638. The Morgan fingerprint density at radius 2 is 1.21 bits per heavy atom. The lowest BCUT2D eigenvalue weighted by molar-refractivity contribution is -0.137. The number of amides is 2. The van der Waals surface area contributed by atoms with E-state index in [1.165, 1.54) is 24.3 Å². The van der Waals surface area contributed by atoms with Gasteiger partial charge < -0.3 is 29.8 Å². The number of carbonyl (C=O) groups excluding carboxylic acids is 2. The second-order valence-electron chi connectivity index (χ2n) is 6.27. The van der Waals surface area contributed by atoms with Crippen LogP contribution in [0.3, 0.4) is 0 Å². The fourth-order valence-electron chi connectivity index (χ4n) is 2.37. The topological polar surface area (TPSA) is 218 Å². The molecule has 0 bridgehead atoms. The molecule has 0 unspecified atom stereocenters. The van der Waals surface area contributed by atoms with Crippen LogP contribution in [0.15, 0.2) is 83.1 Å². The van der Waals surface area contributed by atoms with E-state index in [0.29, 0.717) is 0 Å². The fraction of sp³-hybridized carbons (Fsp3) is 0. The van der Waals surface area contributed by atoms with Crippen LogP contribution in [0.5, 0.6) is 11.5 Å². The van der Waals surface area contributed by atoms with Crippen molar-refractivity contribution < 1.29 is 43.3 Å². The Kier molecular flexibility index (Phi) is 8.89. The predicted molar refractivity (Wildman–Crippen MR) is 118 cm³/mol. The van der Waals surface area contributed by atoms with E-state index in [4.69, 9.17) is 31.3 Å². The van der Waals surface area contributed by atoms with E-state index < -0.39 is 56.0 Å². The number of carboxylic acid groups (broad SMARTS) is 2. The molecule has 14 heteroatoms. The van der Waals surface area contributed by atoms with Gasteiger partial charge in [-0.2, -0.15) is 0 Å². The van der Waals surface area contributed by atoms with Crippen LogP contribution in [0.4, 0.5) is 0 Å². The van der Waals surface area contributed by atoms with E-state index in [0.717, 1.165) is 0 Å². The number of hydrogen-bond acceptors (Lipinski definition) is 9. The fourth-order valence-corrected chi connectivity index (χ4v) is 3.42. The molecule has 0 fully saturated rings. The number of carbonyl (C=O) groups is 4. The first-order valence-corrected chi connectivity index (χ1v) is 10.6. The van der Waals surface area contributed by atoms with Gasteiger partial charge in [-0.1, -0.05) is 36.4 Å². The summed E-state index contributed by atoms with van der Waals surface area (Å²) in [7, 11) is -2.62. The van der Waals surface area contributed by atoms with Gasteiger partial charge in [0.05, 0.1) is 0 Å². The van der Waals surface area contributed by atoms with Crippen molar-refractivity contribution in [2.24, 2.45) is 17.4 Å². The molecule has 2 amide bonds. The SMILES string of the molecule is NC(=O)/C(Oc1ccccc1)=C(/[SiH2]O/C(C(=O)O)=C(\Oc1ccccc1)C(=O)N(N)N)C(=O)O. The first-order valence-electron chi connectivity index (χ1n) is 9.28. The van der Waals surface area contributed by atoms with E-state index in [-0.39, 0.29) is 16.6 Å². The van der Waals surface area contributed by atoms with Gasteiger partial charge in [-0.25, -0.2) is 26.4 Å². The molecule has 2 rings (SSSR count). The standard InChI is InChI=1S/C20H20N4O9Si/c21-17(25)15(32-12-9-5-2-6-10-12)16(20(29)30)34-33-14(19(27)28)13(18(26)24(22)23)31-11-7-3-1-4-8-11/h1-10H,22-23,34H2,(H2,21,25)(H,27,28)(H,29,30)/b14-13-,16-15-. The number of carboxylic acids is 2. The van der Waals surface area contributed by atoms with Gasteiger partial charge in [0.1, 0.15) is 16.7 Å². The first-order chi connectivity index (χ1) is 16.1. The third-order valence-corrected chi connectivity index (χ3v) is 5.22. The zero-order valence-corrected chi connectivity index (χ0v) is 18.8. The van der Waals surface area contributed by atoms with Crippen molar-refractivity contribution in [3.05, 3.63) is 83.1 Å². The molecular weight excluding hydrogens is 468 g/mol. The van der Waals surface area contributed by atoms with E-state index in [2.05, 4.69) is 0 Å². The van der Waals surface area contributed by atoms with Crippen molar-refractivity contribution in [1.29, 1.82) is 0 Å². The van der Waals surface area contributed by atoms with Gasteiger partial charge in [0.25, 0.3) is 15.7 Å². The van der Waals surface area contributed by atoms with E-state index in [1.807, 2.05) is 0 Å². The molecular formula is C20H20N4O9Si. The lowest BCUT2D eigenvalue weighted by Crippen LogP contribution is -2.45. The van der Waals surface area contributed by atoms with E-state index in [9.17, 15) is 29.4 Å². The minimum absolute atomic E-state index is 0.0379. The number of ether oxygens (including phenoxy) is 2. The number of hydrazine groups is 2. The maximum atomic E-state index is 12.4. The van der Waals surface area contributed by atoms with Gasteiger partial charge in [-0.05, 0) is 24.3 Å². The summed E-state index contributed by atoms with van der Waals surface area (Å²) in [5.41, 5.74) is 5.27. The molecule has 0 aliphatic rings. The molecule has 0 radical (unpaired) electrons. The number of hydrogen-bond donors (Lipinski definition) is 5. The normalized spacial score (nSPS) is 12.3. The first kappa shape index (κ1) is 25.6. The van der Waals surface area contributed by atoms with Crippen LogP contribution in [-0.4, -0.2) is 48.8 Å². The Morgan fingerprint density at radius 1 is 0.735 bits per heavy atom. The third kappa shape index (κ3) is 6.92. The Balaban J connectivity index is 2.50. The highest BCUT2D eigenvalue weighted by atomic mass is 28.2. The summed E-state index contributed by atoms with van der Waals surface area (Å²) in [5.74, 6) is 1.89. The maximum absolute atomic E-state index is 12.4. The minimum atomic E-state index is -2.62. The van der Waals surface area contributed by atoms with Gasteiger partial charge >= 0.3 is 17.8 Å². The molecule has 0 aliphatic carbocycles. The Hall–Kier alpha value is -4.66. The predicted octanol–water partition coefficient (Wildman–Crippen LogP) is -1.10. The molecule has 178 valence electrons. The summed E-state index contributed by atoms with van der Waals surface area (Å²) >= 11 is 0. The highest BCUT2D eigenvalue weighted by Crippen LogP contribution is 2.19. The molecule has 2 aromatic rings. The smallest absolute Gasteiger partial charge is 0.374 e. The van der Waals surface area contributed by atoms with Crippen molar-refractivity contribution in [1.82, 2.24) is 5.12 Å². The summed E-state index contributed by atoms with van der Waals surface area (Å²) in [6.45, 7) is 0. The van der Waals surface area contributed by atoms with Gasteiger partial charge in [-0.3, -0.25) is 9.59 Å². The number of para-hydroxylation sites is 2. The van der Waals surface area contributed by atoms with Gasteiger partial charge in [0.2, 0.25) is 17.3 Å². The van der Waals surface area contributed by atoms with Gasteiger partial charge in [-0.15, -0.1) is 0 Å². The zero-order valence-electron chi connectivity index (χ0n) is 17.4. The van der Waals surface area contributed by atoms with Crippen LogP contribution in [-0.2, 0) is 23.6 Å². The number of aliphatic carboxylic acids is 2. The van der Waals surface area contributed by atoms with Crippen LogP contribution in [0.25, 0.3) is 0 Å². The number of primary amides is 1. The molecule has 2 aromatic carbocycles. The second-order valence-corrected chi connectivity index (χ2v) is 7.56. The lowest BCUT2D eigenvalue weighted by Gasteiger charge is -2.17. The number of nitrogens with zero attached hydrogens (tertiary/aromatic N) is 1. The van der Waals surface area contributed by atoms with Crippen LogP contribution in [0.2, 0.25) is 0 Å². The summed E-state index contributed by atoms with van der Waals surface area (Å²) in [4.78, 5) is 48.0. The molecule has 0 atom stereocenters. The maximum Gasteiger partial charge on any atom is 0.374 e. The molecule has 0 saturated carbocycles. The minimum Gasteiger partial charge on any atom is -0.537 e.